The summed E-state index contributed by atoms with van der Waals surface area (Å²) >= 11 is 1.30. The minimum atomic E-state index is -0.276. The molecule has 1 aromatic rings. The highest BCUT2D eigenvalue weighted by atomic mass is 32.1. The Balaban J connectivity index is 2.08. The molecule has 1 aromatic heterocycles. The van der Waals surface area contributed by atoms with Crippen LogP contribution in [0.5, 0.6) is 0 Å². The van der Waals surface area contributed by atoms with Crippen molar-refractivity contribution in [2.24, 2.45) is 0 Å². The molecule has 0 atom stereocenters. The lowest BCUT2D eigenvalue weighted by Gasteiger charge is -2.26. The third-order valence-electron chi connectivity index (χ3n) is 2.79. The van der Waals surface area contributed by atoms with Crippen LogP contribution in [0.3, 0.4) is 0 Å². The maximum Gasteiger partial charge on any atom is 0.348 e. The van der Waals surface area contributed by atoms with Crippen molar-refractivity contribution in [3.63, 3.8) is 0 Å². The maximum absolute atomic E-state index is 11.8. The highest BCUT2D eigenvalue weighted by Crippen LogP contribution is 2.26. The van der Waals surface area contributed by atoms with E-state index in [0.717, 1.165) is 38.4 Å². The third-order valence-corrected chi connectivity index (χ3v) is 3.77. The fourth-order valence-electron chi connectivity index (χ4n) is 1.94. The van der Waals surface area contributed by atoms with Crippen molar-refractivity contribution in [1.29, 1.82) is 0 Å². The summed E-state index contributed by atoms with van der Waals surface area (Å²) in [4.78, 5) is 14.7. The Morgan fingerprint density at radius 1 is 1.56 bits per heavy atom. The van der Waals surface area contributed by atoms with Gasteiger partial charge in [0.05, 0.1) is 24.8 Å². The molecule has 2 heterocycles. The topological polar surface area (TPSA) is 64.8 Å². The molecule has 100 valence electrons. The number of ether oxygens (including phenoxy) is 2. The van der Waals surface area contributed by atoms with Crippen LogP contribution < -0.4 is 5.73 Å². The first-order valence-corrected chi connectivity index (χ1v) is 6.87. The van der Waals surface area contributed by atoms with Gasteiger partial charge in [0, 0.05) is 19.6 Å². The number of thiophene rings is 1. The number of carbonyl (C=O) groups is 1. The minimum absolute atomic E-state index is 0.276. The second kappa shape index (κ2) is 6.17. The number of anilines is 1. The maximum atomic E-state index is 11.8. The van der Waals surface area contributed by atoms with Gasteiger partial charge in [0.1, 0.15) is 4.88 Å². The van der Waals surface area contributed by atoms with Gasteiger partial charge in [-0.1, -0.05) is 0 Å². The Kier molecular flexibility index (Phi) is 4.57. The number of hydrogen-bond donors (Lipinski definition) is 1. The van der Waals surface area contributed by atoms with Gasteiger partial charge in [-0.2, -0.15) is 0 Å². The molecule has 0 spiro atoms. The molecule has 0 aliphatic carbocycles. The molecule has 0 aromatic carbocycles. The summed E-state index contributed by atoms with van der Waals surface area (Å²) in [7, 11) is 0. The SMILES string of the molecule is CCOC(=O)c1sc(N)cc1CN1CCOCC1. The normalized spacial score (nSPS) is 16.7. The van der Waals surface area contributed by atoms with Crippen molar-refractivity contribution in [3.8, 4) is 0 Å². The Bertz CT molecular complexity index is 413. The predicted molar refractivity (Wildman–Crippen MR) is 70.8 cm³/mol. The predicted octanol–water partition coefficient (Wildman–Crippen LogP) is 1.34. The van der Waals surface area contributed by atoms with E-state index in [-0.39, 0.29) is 5.97 Å². The van der Waals surface area contributed by atoms with Crippen LogP contribution in [0.1, 0.15) is 22.2 Å². The third kappa shape index (κ3) is 3.22. The van der Waals surface area contributed by atoms with Crippen molar-refractivity contribution >= 4 is 22.3 Å². The van der Waals surface area contributed by atoms with Gasteiger partial charge in [0.2, 0.25) is 0 Å². The molecule has 18 heavy (non-hydrogen) atoms. The van der Waals surface area contributed by atoms with Crippen LogP contribution >= 0.6 is 11.3 Å². The van der Waals surface area contributed by atoms with E-state index in [4.69, 9.17) is 15.2 Å². The molecular weight excluding hydrogens is 252 g/mol. The van der Waals surface area contributed by atoms with Crippen molar-refractivity contribution in [2.75, 3.05) is 38.6 Å². The Labute approximate surface area is 110 Å². The number of hydrogen-bond acceptors (Lipinski definition) is 6. The monoisotopic (exact) mass is 270 g/mol. The lowest BCUT2D eigenvalue weighted by atomic mass is 10.2. The quantitative estimate of drug-likeness (QED) is 0.836. The van der Waals surface area contributed by atoms with Gasteiger partial charge in [-0.3, -0.25) is 4.90 Å². The summed E-state index contributed by atoms with van der Waals surface area (Å²) < 4.78 is 10.3. The van der Waals surface area contributed by atoms with Gasteiger partial charge < -0.3 is 15.2 Å². The number of esters is 1. The summed E-state index contributed by atoms with van der Waals surface area (Å²) in [6.45, 7) is 6.17. The largest absolute Gasteiger partial charge is 0.462 e. The second-order valence-corrected chi connectivity index (χ2v) is 5.20. The summed E-state index contributed by atoms with van der Waals surface area (Å²) in [5.41, 5.74) is 6.74. The number of carbonyl (C=O) groups excluding carboxylic acids is 1. The smallest absolute Gasteiger partial charge is 0.348 e. The average Bonchev–Trinajstić information content (AvgIpc) is 2.72. The number of nitrogen functional groups attached to an aromatic ring is 1. The molecule has 0 saturated carbocycles. The lowest BCUT2D eigenvalue weighted by molar-refractivity contribution is 0.0338. The van der Waals surface area contributed by atoms with E-state index < -0.39 is 0 Å². The summed E-state index contributed by atoms with van der Waals surface area (Å²) in [6.07, 6.45) is 0. The van der Waals surface area contributed by atoms with E-state index in [1.54, 1.807) is 6.92 Å². The Hall–Kier alpha value is -1.11. The molecule has 0 unspecified atom stereocenters. The van der Waals surface area contributed by atoms with E-state index >= 15 is 0 Å². The lowest BCUT2D eigenvalue weighted by Crippen LogP contribution is -2.35. The van der Waals surface area contributed by atoms with E-state index in [9.17, 15) is 4.79 Å². The zero-order valence-electron chi connectivity index (χ0n) is 10.5. The molecule has 1 saturated heterocycles. The first-order chi connectivity index (χ1) is 8.70. The Morgan fingerprint density at radius 3 is 2.94 bits per heavy atom. The van der Waals surface area contributed by atoms with Gasteiger partial charge in [0.15, 0.2) is 0 Å². The van der Waals surface area contributed by atoms with Crippen LogP contribution in [0, 0.1) is 0 Å². The van der Waals surface area contributed by atoms with Crippen molar-refractivity contribution in [1.82, 2.24) is 4.90 Å². The Morgan fingerprint density at radius 2 is 2.28 bits per heavy atom. The minimum Gasteiger partial charge on any atom is -0.462 e. The van der Waals surface area contributed by atoms with Gasteiger partial charge >= 0.3 is 5.97 Å². The van der Waals surface area contributed by atoms with Gasteiger partial charge in [-0.25, -0.2) is 4.79 Å². The molecule has 1 aliphatic rings. The molecule has 1 fully saturated rings. The molecule has 2 N–H and O–H groups in total. The van der Waals surface area contributed by atoms with Crippen molar-refractivity contribution < 1.29 is 14.3 Å². The average molecular weight is 270 g/mol. The zero-order valence-corrected chi connectivity index (χ0v) is 11.3. The fourth-order valence-corrected chi connectivity index (χ4v) is 2.77. The van der Waals surface area contributed by atoms with Crippen LogP contribution in [-0.2, 0) is 16.0 Å². The zero-order chi connectivity index (χ0) is 13.0. The number of nitrogens with zero attached hydrogens (tertiary/aromatic N) is 1. The summed E-state index contributed by atoms with van der Waals surface area (Å²) in [6, 6.07) is 1.87. The fraction of sp³-hybridized carbons (Fsp3) is 0.583. The van der Waals surface area contributed by atoms with Crippen LogP contribution in [-0.4, -0.2) is 43.8 Å². The highest BCUT2D eigenvalue weighted by Gasteiger charge is 2.19. The summed E-state index contributed by atoms with van der Waals surface area (Å²) in [5, 5.41) is 0.654. The van der Waals surface area contributed by atoms with Crippen molar-refractivity contribution in [3.05, 3.63) is 16.5 Å². The first kappa shape index (κ1) is 13.3. The van der Waals surface area contributed by atoms with Crippen LogP contribution in [0.2, 0.25) is 0 Å². The van der Waals surface area contributed by atoms with Gasteiger partial charge in [-0.05, 0) is 18.6 Å². The molecule has 6 heteroatoms. The van der Waals surface area contributed by atoms with Gasteiger partial charge in [-0.15, -0.1) is 11.3 Å². The van der Waals surface area contributed by atoms with E-state index in [1.807, 2.05) is 6.07 Å². The van der Waals surface area contributed by atoms with E-state index in [0.29, 0.717) is 16.5 Å². The number of nitrogens with two attached hydrogens (primary N) is 1. The molecular formula is C12H18N2O3S. The molecule has 2 rings (SSSR count). The highest BCUT2D eigenvalue weighted by molar-refractivity contribution is 7.17. The molecule has 0 bridgehead atoms. The number of rotatable bonds is 4. The van der Waals surface area contributed by atoms with E-state index in [2.05, 4.69) is 4.90 Å². The van der Waals surface area contributed by atoms with E-state index in [1.165, 1.54) is 11.3 Å². The molecule has 1 aliphatic heterocycles. The first-order valence-electron chi connectivity index (χ1n) is 6.06. The van der Waals surface area contributed by atoms with Gasteiger partial charge in [0.25, 0.3) is 0 Å². The van der Waals surface area contributed by atoms with Crippen LogP contribution in [0.15, 0.2) is 6.07 Å². The number of morpholine rings is 1. The van der Waals surface area contributed by atoms with Crippen LogP contribution in [0.25, 0.3) is 0 Å². The molecule has 5 nitrogen and oxygen atoms in total. The molecule has 0 amide bonds. The summed E-state index contributed by atoms with van der Waals surface area (Å²) in [5.74, 6) is -0.276. The molecule has 0 radical (unpaired) electrons. The van der Waals surface area contributed by atoms with Crippen LogP contribution in [0.4, 0.5) is 5.00 Å². The standard InChI is InChI=1S/C12H18N2O3S/c1-2-17-12(15)11-9(7-10(13)18-11)8-14-3-5-16-6-4-14/h7H,2-6,8,13H2,1H3. The van der Waals surface area contributed by atoms with Crippen molar-refractivity contribution in [2.45, 2.75) is 13.5 Å². The second-order valence-electron chi connectivity index (χ2n) is 4.11.